The second kappa shape index (κ2) is 9.76. The zero-order chi connectivity index (χ0) is 24.7. The van der Waals surface area contributed by atoms with Crippen molar-refractivity contribution in [2.24, 2.45) is 0 Å². The van der Waals surface area contributed by atoms with Crippen LogP contribution in [0.3, 0.4) is 0 Å². The molecule has 2 amide bonds. The lowest BCUT2D eigenvalue weighted by Crippen LogP contribution is -2.28. The van der Waals surface area contributed by atoms with Crippen LogP contribution in [0, 0.1) is 13.8 Å². The Bertz CT molecular complexity index is 1350. The second-order valence-corrected chi connectivity index (χ2v) is 10.7. The molecular formula is C27H25Cl2N3O2S. The van der Waals surface area contributed by atoms with Gasteiger partial charge in [0.25, 0.3) is 11.8 Å². The minimum atomic E-state index is -0.157. The summed E-state index contributed by atoms with van der Waals surface area (Å²) in [6.07, 6.45) is 3.94. The number of likely N-dealkylation sites (tertiary alicyclic amines) is 1. The third-order valence-electron chi connectivity index (χ3n) is 6.59. The number of carbonyl (C=O) groups excluding carboxylic acids is 2. The van der Waals surface area contributed by atoms with Gasteiger partial charge in [0, 0.05) is 56.4 Å². The molecule has 0 atom stereocenters. The van der Waals surface area contributed by atoms with Crippen molar-refractivity contribution in [2.45, 2.75) is 37.3 Å². The third kappa shape index (κ3) is 4.63. The number of aromatic amines is 1. The summed E-state index contributed by atoms with van der Waals surface area (Å²) in [4.78, 5) is 32.2. The molecule has 0 aliphatic carbocycles. The van der Waals surface area contributed by atoms with E-state index < -0.39 is 0 Å². The Hall–Kier alpha value is -2.67. The van der Waals surface area contributed by atoms with E-state index in [1.54, 1.807) is 11.8 Å². The number of halogens is 2. The Morgan fingerprint density at radius 1 is 1.11 bits per heavy atom. The van der Waals surface area contributed by atoms with E-state index >= 15 is 0 Å². The average molecular weight is 526 g/mol. The van der Waals surface area contributed by atoms with Gasteiger partial charge in [-0.05, 0) is 74.2 Å². The van der Waals surface area contributed by atoms with Crippen LogP contribution in [0.5, 0.6) is 0 Å². The topological polar surface area (TPSA) is 65.2 Å². The SMILES string of the molecule is Cc1[nH]c(/C=C2\C(=O)Nc3ccc(SCc4c(Cl)cccc4Cl)cc32)c(C)c1C(=O)N1CCCC1. The van der Waals surface area contributed by atoms with Gasteiger partial charge in [0.05, 0.1) is 11.1 Å². The first kappa shape index (κ1) is 24.0. The van der Waals surface area contributed by atoms with Crippen molar-refractivity contribution in [1.29, 1.82) is 0 Å². The molecule has 3 heterocycles. The van der Waals surface area contributed by atoms with E-state index in [0.717, 1.165) is 64.6 Å². The van der Waals surface area contributed by atoms with E-state index in [1.807, 2.05) is 61.2 Å². The maximum atomic E-state index is 13.1. The molecule has 8 heteroatoms. The maximum Gasteiger partial charge on any atom is 0.256 e. The molecule has 180 valence electrons. The Morgan fingerprint density at radius 2 is 1.83 bits per heavy atom. The van der Waals surface area contributed by atoms with Gasteiger partial charge in [-0.2, -0.15) is 0 Å². The predicted molar refractivity (Wildman–Crippen MR) is 144 cm³/mol. The van der Waals surface area contributed by atoms with E-state index in [9.17, 15) is 9.59 Å². The predicted octanol–water partition coefficient (Wildman–Crippen LogP) is 6.96. The molecule has 1 aromatic heterocycles. The van der Waals surface area contributed by atoms with Gasteiger partial charge < -0.3 is 15.2 Å². The molecule has 2 N–H and O–H groups in total. The van der Waals surface area contributed by atoms with Crippen LogP contribution in [-0.4, -0.2) is 34.8 Å². The van der Waals surface area contributed by atoms with Crippen LogP contribution < -0.4 is 5.32 Å². The highest BCUT2D eigenvalue weighted by atomic mass is 35.5. The van der Waals surface area contributed by atoms with E-state index in [4.69, 9.17) is 23.2 Å². The number of aryl methyl sites for hydroxylation is 1. The molecule has 0 unspecified atom stereocenters. The first-order chi connectivity index (χ1) is 16.8. The van der Waals surface area contributed by atoms with Crippen molar-refractivity contribution in [3.8, 4) is 0 Å². The van der Waals surface area contributed by atoms with Crippen LogP contribution >= 0.6 is 35.0 Å². The van der Waals surface area contributed by atoms with Gasteiger partial charge in [-0.15, -0.1) is 11.8 Å². The quantitative estimate of drug-likeness (QED) is 0.279. The monoisotopic (exact) mass is 525 g/mol. The van der Waals surface area contributed by atoms with Crippen LogP contribution in [0.1, 0.15) is 51.3 Å². The van der Waals surface area contributed by atoms with Crippen LogP contribution in [0.4, 0.5) is 5.69 Å². The third-order valence-corrected chi connectivity index (χ3v) is 8.32. The molecule has 2 aliphatic rings. The molecule has 0 saturated carbocycles. The molecule has 2 aromatic carbocycles. The molecule has 5 nitrogen and oxygen atoms in total. The van der Waals surface area contributed by atoms with Crippen LogP contribution in [0.25, 0.3) is 11.6 Å². The lowest BCUT2D eigenvalue weighted by atomic mass is 10.0. The number of hydrogen-bond acceptors (Lipinski definition) is 3. The number of anilines is 1. The number of thioether (sulfide) groups is 1. The highest BCUT2D eigenvalue weighted by molar-refractivity contribution is 7.98. The molecule has 5 rings (SSSR count). The molecule has 0 bridgehead atoms. The zero-order valence-corrected chi connectivity index (χ0v) is 21.8. The fourth-order valence-corrected chi connectivity index (χ4v) is 6.36. The number of benzene rings is 2. The summed E-state index contributed by atoms with van der Waals surface area (Å²) in [5.41, 5.74) is 6.25. The molecule has 0 spiro atoms. The number of carbonyl (C=O) groups is 2. The Balaban J connectivity index is 1.44. The molecule has 1 fully saturated rings. The number of nitrogens with zero attached hydrogens (tertiary/aromatic N) is 1. The van der Waals surface area contributed by atoms with Gasteiger partial charge in [0.2, 0.25) is 0 Å². The number of aromatic nitrogens is 1. The number of fused-ring (bicyclic) bond motifs is 1. The van der Waals surface area contributed by atoms with Crippen molar-refractivity contribution in [2.75, 3.05) is 18.4 Å². The Morgan fingerprint density at radius 3 is 2.54 bits per heavy atom. The van der Waals surface area contributed by atoms with Gasteiger partial charge in [0.15, 0.2) is 0 Å². The summed E-state index contributed by atoms with van der Waals surface area (Å²) < 4.78 is 0. The largest absolute Gasteiger partial charge is 0.358 e. The normalized spacial score (nSPS) is 16.2. The van der Waals surface area contributed by atoms with Gasteiger partial charge >= 0.3 is 0 Å². The zero-order valence-electron chi connectivity index (χ0n) is 19.5. The summed E-state index contributed by atoms with van der Waals surface area (Å²) in [6, 6.07) is 11.4. The summed E-state index contributed by atoms with van der Waals surface area (Å²) in [6.45, 7) is 5.45. The molecule has 1 saturated heterocycles. The van der Waals surface area contributed by atoms with Crippen molar-refractivity contribution < 1.29 is 9.59 Å². The first-order valence-corrected chi connectivity index (χ1v) is 13.3. The van der Waals surface area contributed by atoms with E-state index in [1.165, 1.54) is 0 Å². The first-order valence-electron chi connectivity index (χ1n) is 11.5. The summed E-state index contributed by atoms with van der Waals surface area (Å²) >= 11 is 14.3. The minimum Gasteiger partial charge on any atom is -0.358 e. The van der Waals surface area contributed by atoms with Crippen LogP contribution in [-0.2, 0) is 10.5 Å². The molecule has 0 radical (unpaired) electrons. The number of hydrogen-bond donors (Lipinski definition) is 2. The van der Waals surface area contributed by atoms with Crippen molar-refractivity contribution in [3.63, 3.8) is 0 Å². The highest BCUT2D eigenvalue weighted by Gasteiger charge is 2.28. The average Bonchev–Trinajstić information content (AvgIpc) is 3.53. The van der Waals surface area contributed by atoms with Crippen molar-refractivity contribution >= 4 is 64.1 Å². The Labute approximate surface area is 218 Å². The Kier molecular flexibility index (Phi) is 6.71. The van der Waals surface area contributed by atoms with Crippen LogP contribution in [0.15, 0.2) is 41.3 Å². The summed E-state index contributed by atoms with van der Waals surface area (Å²) in [5, 5.41) is 4.23. The van der Waals surface area contributed by atoms with Crippen LogP contribution in [0.2, 0.25) is 10.0 Å². The number of nitrogens with one attached hydrogen (secondary N) is 2. The fourth-order valence-electron chi connectivity index (χ4n) is 4.69. The molecular weight excluding hydrogens is 501 g/mol. The highest BCUT2D eigenvalue weighted by Crippen LogP contribution is 2.38. The van der Waals surface area contributed by atoms with Gasteiger partial charge in [-0.3, -0.25) is 9.59 Å². The number of amides is 2. The molecule has 2 aliphatic heterocycles. The molecule has 35 heavy (non-hydrogen) atoms. The number of rotatable bonds is 5. The second-order valence-electron chi connectivity index (χ2n) is 8.87. The lowest BCUT2D eigenvalue weighted by molar-refractivity contribution is -0.110. The fraction of sp³-hybridized carbons (Fsp3) is 0.259. The van der Waals surface area contributed by atoms with Gasteiger partial charge in [-0.25, -0.2) is 0 Å². The molecule has 3 aromatic rings. The minimum absolute atomic E-state index is 0.0617. The maximum absolute atomic E-state index is 13.1. The summed E-state index contributed by atoms with van der Waals surface area (Å²) in [5.74, 6) is 0.524. The van der Waals surface area contributed by atoms with E-state index in [-0.39, 0.29) is 11.8 Å². The van der Waals surface area contributed by atoms with E-state index in [0.29, 0.717) is 26.9 Å². The summed E-state index contributed by atoms with van der Waals surface area (Å²) in [7, 11) is 0. The lowest BCUT2D eigenvalue weighted by Gasteiger charge is -2.15. The standard InChI is InChI=1S/C27H25Cl2N3O2S/c1-15-24(30-16(2)25(15)27(34)32-10-3-4-11-32)13-19-18-12-17(8-9-23(18)31-26(19)33)35-14-20-21(28)6-5-7-22(20)29/h5-9,12-13,30H,3-4,10-11,14H2,1-2H3,(H,31,33)/b19-13-. The van der Waals surface area contributed by atoms with Gasteiger partial charge in [0.1, 0.15) is 0 Å². The van der Waals surface area contributed by atoms with Crippen molar-refractivity contribution in [1.82, 2.24) is 9.88 Å². The van der Waals surface area contributed by atoms with Crippen molar-refractivity contribution in [3.05, 3.63) is 80.1 Å². The van der Waals surface area contributed by atoms with Gasteiger partial charge in [-0.1, -0.05) is 29.3 Å². The number of H-pyrrole nitrogens is 1. The van der Waals surface area contributed by atoms with E-state index in [2.05, 4.69) is 10.3 Å². The smallest absolute Gasteiger partial charge is 0.256 e.